The van der Waals surface area contributed by atoms with Gasteiger partial charge in [0.05, 0.1) is 18.5 Å². The van der Waals surface area contributed by atoms with E-state index in [2.05, 4.69) is 25.5 Å². The summed E-state index contributed by atoms with van der Waals surface area (Å²) in [6, 6.07) is 1.64. The van der Waals surface area contributed by atoms with E-state index in [0.29, 0.717) is 22.5 Å². The van der Waals surface area contributed by atoms with Crippen molar-refractivity contribution in [3.63, 3.8) is 0 Å². The van der Waals surface area contributed by atoms with Gasteiger partial charge in [0.2, 0.25) is 5.95 Å². The number of fused-ring (bicyclic) bond motifs is 1. The SMILES string of the molecule is CCOC(=O)Nc1cc(C)nn1-c1nc2c(cnn2C)c(=O)[nH]1. The summed E-state index contributed by atoms with van der Waals surface area (Å²) in [4.78, 5) is 30.7. The molecule has 3 aromatic rings. The summed E-state index contributed by atoms with van der Waals surface area (Å²) in [5, 5.41) is 11.2. The number of hydrogen-bond donors (Lipinski definition) is 2. The van der Waals surface area contributed by atoms with Crippen LogP contribution in [0.1, 0.15) is 12.6 Å². The molecule has 0 aliphatic heterocycles. The Kier molecular flexibility index (Phi) is 3.56. The van der Waals surface area contributed by atoms with Crippen LogP contribution in [-0.2, 0) is 11.8 Å². The second-order valence-corrected chi connectivity index (χ2v) is 4.82. The molecule has 3 aromatic heterocycles. The Morgan fingerprint density at radius 2 is 2.26 bits per heavy atom. The lowest BCUT2D eigenvalue weighted by Crippen LogP contribution is -2.19. The Morgan fingerprint density at radius 1 is 1.48 bits per heavy atom. The fourth-order valence-corrected chi connectivity index (χ4v) is 2.14. The van der Waals surface area contributed by atoms with Gasteiger partial charge in [-0.3, -0.25) is 19.8 Å². The molecule has 0 aliphatic rings. The largest absolute Gasteiger partial charge is 0.450 e. The molecule has 0 aromatic carbocycles. The van der Waals surface area contributed by atoms with Gasteiger partial charge >= 0.3 is 6.09 Å². The first-order valence-corrected chi connectivity index (χ1v) is 6.92. The molecule has 0 atom stereocenters. The van der Waals surface area contributed by atoms with E-state index in [4.69, 9.17) is 4.74 Å². The summed E-state index contributed by atoms with van der Waals surface area (Å²) in [7, 11) is 1.69. The van der Waals surface area contributed by atoms with Gasteiger partial charge in [-0.25, -0.2) is 4.79 Å². The maximum Gasteiger partial charge on any atom is 0.412 e. The smallest absolute Gasteiger partial charge is 0.412 e. The van der Waals surface area contributed by atoms with E-state index in [0.717, 1.165) is 0 Å². The molecule has 0 saturated carbocycles. The number of H-pyrrole nitrogens is 1. The normalized spacial score (nSPS) is 10.9. The van der Waals surface area contributed by atoms with Crippen LogP contribution in [0.4, 0.5) is 10.6 Å². The van der Waals surface area contributed by atoms with E-state index in [1.54, 1.807) is 27.0 Å². The highest BCUT2D eigenvalue weighted by molar-refractivity contribution is 5.84. The Labute approximate surface area is 130 Å². The molecule has 3 heterocycles. The minimum absolute atomic E-state index is 0.172. The first-order chi connectivity index (χ1) is 11.0. The van der Waals surface area contributed by atoms with Gasteiger partial charge < -0.3 is 4.74 Å². The molecule has 0 saturated heterocycles. The van der Waals surface area contributed by atoms with Crippen molar-refractivity contribution in [1.29, 1.82) is 0 Å². The van der Waals surface area contributed by atoms with Crippen LogP contribution in [-0.4, -0.2) is 42.2 Å². The lowest BCUT2D eigenvalue weighted by Gasteiger charge is -2.08. The number of nitrogens with zero attached hydrogens (tertiary/aromatic N) is 5. The number of aromatic amines is 1. The molecule has 0 bridgehead atoms. The second-order valence-electron chi connectivity index (χ2n) is 4.82. The zero-order valence-corrected chi connectivity index (χ0v) is 12.8. The van der Waals surface area contributed by atoms with E-state index in [-0.39, 0.29) is 18.1 Å². The fourth-order valence-electron chi connectivity index (χ4n) is 2.14. The van der Waals surface area contributed by atoms with Crippen molar-refractivity contribution in [2.24, 2.45) is 7.05 Å². The van der Waals surface area contributed by atoms with Gasteiger partial charge in [0.25, 0.3) is 5.56 Å². The first-order valence-electron chi connectivity index (χ1n) is 6.92. The highest BCUT2D eigenvalue weighted by atomic mass is 16.5. The maximum absolute atomic E-state index is 12.1. The molecule has 3 rings (SSSR count). The zero-order chi connectivity index (χ0) is 16.6. The Bertz CT molecular complexity index is 937. The van der Waals surface area contributed by atoms with E-state index >= 15 is 0 Å². The molecule has 23 heavy (non-hydrogen) atoms. The molecule has 120 valence electrons. The van der Waals surface area contributed by atoms with Gasteiger partial charge in [-0.05, 0) is 13.8 Å². The van der Waals surface area contributed by atoms with Crippen molar-refractivity contribution in [3.8, 4) is 5.95 Å². The highest BCUT2D eigenvalue weighted by Crippen LogP contribution is 2.15. The summed E-state index contributed by atoms with van der Waals surface area (Å²) in [5.41, 5.74) is 0.719. The number of aryl methyl sites for hydroxylation is 2. The van der Waals surface area contributed by atoms with Crippen LogP contribution in [0, 0.1) is 6.92 Å². The Morgan fingerprint density at radius 3 is 3.00 bits per heavy atom. The number of nitrogens with one attached hydrogen (secondary N) is 2. The molecular formula is C13H15N7O3. The zero-order valence-electron chi connectivity index (χ0n) is 12.8. The third-order valence-electron chi connectivity index (χ3n) is 3.13. The van der Waals surface area contributed by atoms with Crippen molar-refractivity contribution in [1.82, 2.24) is 29.5 Å². The van der Waals surface area contributed by atoms with E-state index in [9.17, 15) is 9.59 Å². The van der Waals surface area contributed by atoms with Crippen LogP contribution in [0.3, 0.4) is 0 Å². The molecule has 0 aliphatic carbocycles. The molecule has 0 fully saturated rings. The molecule has 1 amide bonds. The summed E-state index contributed by atoms with van der Waals surface area (Å²) >= 11 is 0. The number of aromatic nitrogens is 6. The number of carbonyl (C=O) groups excluding carboxylic acids is 1. The summed E-state index contributed by atoms with van der Waals surface area (Å²) in [5.74, 6) is 0.511. The topological polar surface area (TPSA) is 120 Å². The monoisotopic (exact) mass is 317 g/mol. The third-order valence-corrected chi connectivity index (χ3v) is 3.13. The molecule has 0 radical (unpaired) electrons. The quantitative estimate of drug-likeness (QED) is 0.734. The summed E-state index contributed by atoms with van der Waals surface area (Å²) in [6.07, 6.45) is 0.828. The summed E-state index contributed by atoms with van der Waals surface area (Å²) in [6.45, 7) is 3.71. The predicted molar refractivity (Wildman–Crippen MR) is 81.6 cm³/mol. The van der Waals surface area contributed by atoms with Crippen LogP contribution in [0.5, 0.6) is 0 Å². The Balaban J connectivity index is 2.10. The minimum Gasteiger partial charge on any atom is -0.450 e. The minimum atomic E-state index is -0.613. The molecular weight excluding hydrogens is 302 g/mol. The van der Waals surface area contributed by atoms with Crippen molar-refractivity contribution >= 4 is 22.9 Å². The first kappa shape index (κ1) is 14.8. The average molecular weight is 317 g/mol. The van der Waals surface area contributed by atoms with Crippen molar-refractivity contribution < 1.29 is 9.53 Å². The van der Waals surface area contributed by atoms with E-state index in [1.165, 1.54) is 15.6 Å². The van der Waals surface area contributed by atoms with Crippen LogP contribution in [0.15, 0.2) is 17.1 Å². The molecule has 10 heteroatoms. The lowest BCUT2D eigenvalue weighted by molar-refractivity contribution is 0.167. The number of hydrogen-bond acceptors (Lipinski definition) is 6. The number of carbonyl (C=O) groups is 1. The summed E-state index contributed by atoms with van der Waals surface area (Å²) < 4.78 is 7.67. The van der Waals surface area contributed by atoms with Gasteiger partial charge in [-0.1, -0.05) is 0 Å². The average Bonchev–Trinajstić information content (AvgIpc) is 3.03. The number of ether oxygens (including phenoxy) is 1. The maximum atomic E-state index is 12.1. The molecule has 0 unspecified atom stereocenters. The van der Waals surface area contributed by atoms with E-state index < -0.39 is 6.09 Å². The van der Waals surface area contributed by atoms with Gasteiger partial charge in [0.1, 0.15) is 11.2 Å². The third kappa shape index (κ3) is 2.65. The predicted octanol–water partition coefficient (Wildman–Crippen LogP) is 0.719. The molecule has 2 N–H and O–H groups in total. The van der Waals surface area contributed by atoms with Crippen molar-refractivity contribution in [3.05, 3.63) is 28.3 Å². The number of rotatable bonds is 3. The van der Waals surface area contributed by atoms with Gasteiger partial charge in [-0.2, -0.15) is 19.9 Å². The van der Waals surface area contributed by atoms with Crippen LogP contribution < -0.4 is 10.9 Å². The second kappa shape index (κ2) is 5.55. The van der Waals surface area contributed by atoms with Gasteiger partial charge in [0, 0.05) is 13.1 Å². The highest BCUT2D eigenvalue weighted by Gasteiger charge is 2.15. The molecule has 0 spiro atoms. The van der Waals surface area contributed by atoms with Gasteiger partial charge in [0.15, 0.2) is 5.65 Å². The van der Waals surface area contributed by atoms with E-state index in [1.807, 2.05) is 0 Å². The lowest BCUT2D eigenvalue weighted by atomic mass is 10.4. The van der Waals surface area contributed by atoms with Crippen LogP contribution >= 0.6 is 0 Å². The van der Waals surface area contributed by atoms with Gasteiger partial charge in [-0.15, -0.1) is 0 Å². The Hall–Kier alpha value is -3.17. The number of anilines is 1. The van der Waals surface area contributed by atoms with Crippen molar-refractivity contribution in [2.45, 2.75) is 13.8 Å². The fraction of sp³-hybridized carbons (Fsp3) is 0.308. The molecule has 10 nitrogen and oxygen atoms in total. The van der Waals surface area contributed by atoms with Crippen molar-refractivity contribution in [2.75, 3.05) is 11.9 Å². The van der Waals surface area contributed by atoms with Crippen LogP contribution in [0.2, 0.25) is 0 Å². The van der Waals surface area contributed by atoms with Crippen LogP contribution in [0.25, 0.3) is 17.0 Å². The standard InChI is InChI=1S/C13H15N7O3/c1-4-23-13(22)15-9-5-7(2)18-20(9)12-16-10-8(11(21)17-12)6-14-19(10)3/h5-6H,4H2,1-3H3,(H,15,22)(H,16,17,21). The number of amides is 1.